The number of hydrogen-bond donors (Lipinski definition) is 2. The molecule has 2 N–H and O–H groups in total. The predicted molar refractivity (Wildman–Crippen MR) is 289 cm³/mol. The van der Waals surface area contributed by atoms with Crippen LogP contribution < -0.4 is 9.80 Å². The highest BCUT2D eigenvalue weighted by atomic mass is 32.2. The van der Waals surface area contributed by atoms with Crippen LogP contribution in [0.15, 0.2) is 165 Å². The first-order valence-corrected chi connectivity index (χ1v) is 26.5. The molecule has 6 aromatic rings. The summed E-state index contributed by atoms with van der Waals surface area (Å²) in [4.78, 5) is 64.3. The minimum atomic E-state index is -1.82. The van der Waals surface area contributed by atoms with Gasteiger partial charge in [-0.25, -0.2) is 9.59 Å². The molecular weight excluding hydrogens is 941 g/mol. The lowest BCUT2D eigenvalue weighted by Gasteiger charge is -2.34. The molecule has 12 nitrogen and oxygen atoms in total. The summed E-state index contributed by atoms with van der Waals surface area (Å²) in [7, 11) is 4.41. The summed E-state index contributed by atoms with van der Waals surface area (Å²) in [5.74, 6) is -3.49. The van der Waals surface area contributed by atoms with Crippen molar-refractivity contribution in [3.05, 3.63) is 168 Å². The zero-order valence-electron chi connectivity index (χ0n) is 41.2. The first-order valence-electron chi connectivity index (χ1n) is 24.9. The molecule has 0 bridgehead atoms. The SMILES string of the molecule is CN1CCN(CCCCN2c3ccccc3Sc3ccc(C(=O)c4ccccc4)cc32)CC1.CN1CCN(CCCCN2c3ccccc3Sc3ccc(C(=O)c4ccccc4)cc32)CC1.O=C(O)C(=O)O. The molecule has 374 valence electrons. The van der Waals surface area contributed by atoms with Gasteiger partial charge in [0, 0.05) is 107 Å². The first-order chi connectivity index (χ1) is 35.0. The third-order valence-corrected chi connectivity index (χ3v) is 15.7. The van der Waals surface area contributed by atoms with Gasteiger partial charge in [0.15, 0.2) is 11.6 Å². The van der Waals surface area contributed by atoms with Crippen LogP contribution in [0, 0.1) is 0 Å². The van der Waals surface area contributed by atoms with Crippen LogP contribution in [0.4, 0.5) is 22.7 Å². The van der Waals surface area contributed by atoms with Crippen molar-refractivity contribution in [3.63, 3.8) is 0 Å². The Kier molecular flexibility index (Phi) is 18.4. The quantitative estimate of drug-likeness (QED) is 0.0610. The van der Waals surface area contributed by atoms with Crippen LogP contribution in [-0.4, -0.2) is 146 Å². The van der Waals surface area contributed by atoms with Crippen molar-refractivity contribution < 1.29 is 29.4 Å². The van der Waals surface area contributed by atoms with Crippen molar-refractivity contribution in [2.75, 3.05) is 102 Å². The highest BCUT2D eigenvalue weighted by Gasteiger charge is 2.27. The van der Waals surface area contributed by atoms with E-state index in [1.165, 1.54) is 96.2 Å². The average molecular weight is 1010 g/mol. The Bertz CT molecular complexity index is 2610. The number of carbonyl (C=O) groups excluding carboxylic acids is 2. The Morgan fingerprint density at radius 3 is 1.10 bits per heavy atom. The molecule has 0 amide bonds. The maximum Gasteiger partial charge on any atom is 0.414 e. The fraction of sp³-hybridized carbons (Fsp3) is 0.310. The summed E-state index contributed by atoms with van der Waals surface area (Å²) in [5.41, 5.74) is 7.78. The highest BCUT2D eigenvalue weighted by molar-refractivity contribution is 8.00. The first kappa shape index (κ1) is 52.1. The third kappa shape index (κ3) is 13.6. The maximum absolute atomic E-state index is 13.1. The Morgan fingerprint density at radius 1 is 0.389 bits per heavy atom. The van der Waals surface area contributed by atoms with E-state index in [1.54, 1.807) is 23.5 Å². The van der Waals surface area contributed by atoms with Crippen LogP contribution in [0.25, 0.3) is 0 Å². The van der Waals surface area contributed by atoms with E-state index in [0.717, 1.165) is 72.6 Å². The number of piperazine rings is 2. The van der Waals surface area contributed by atoms with E-state index >= 15 is 0 Å². The number of para-hydroxylation sites is 2. The van der Waals surface area contributed by atoms with E-state index in [-0.39, 0.29) is 11.6 Å². The molecule has 10 rings (SSSR count). The van der Waals surface area contributed by atoms with E-state index in [1.807, 2.05) is 72.8 Å². The van der Waals surface area contributed by atoms with Gasteiger partial charge in [-0.1, -0.05) is 108 Å². The summed E-state index contributed by atoms with van der Waals surface area (Å²) < 4.78 is 0. The lowest BCUT2D eigenvalue weighted by atomic mass is 10.0. The number of unbranched alkanes of at least 4 members (excludes halogenated alkanes) is 2. The number of fused-ring (bicyclic) bond motifs is 4. The van der Waals surface area contributed by atoms with Crippen LogP contribution in [0.2, 0.25) is 0 Å². The summed E-state index contributed by atoms with van der Waals surface area (Å²) in [6.45, 7) is 13.6. The number of benzene rings is 6. The minimum Gasteiger partial charge on any atom is -0.473 e. The van der Waals surface area contributed by atoms with Crippen LogP contribution in [0.1, 0.15) is 57.5 Å². The van der Waals surface area contributed by atoms with Crippen LogP contribution in [-0.2, 0) is 9.59 Å². The van der Waals surface area contributed by atoms with Gasteiger partial charge in [0.05, 0.1) is 22.7 Å². The fourth-order valence-electron chi connectivity index (χ4n) is 9.29. The predicted octanol–water partition coefficient (Wildman–Crippen LogP) is 10.3. The molecule has 0 unspecified atom stereocenters. The number of nitrogens with zero attached hydrogens (tertiary/aromatic N) is 6. The average Bonchev–Trinajstić information content (AvgIpc) is 3.41. The van der Waals surface area contributed by atoms with E-state index in [9.17, 15) is 9.59 Å². The second kappa shape index (κ2) is 25.4. The number of carboxylic acids is 2. The minimum absolute atomic E-state index is 0.0808. The Hall–Kier alpha value is -6.26. The summed E-state index contributed by atoms with van der Waals surface area (Å²) >= 11 is 3.60. The van der Waals surface area contributed by atoms with E-state index in [0.29, 0.717) is 0 Å². The highest BCUT2D eigenvalue weighted by Crippen LogP contribution is 2.50. The Morgan fingerprint density at radius 2 is 0.722 bits per heavy atom. The number of likely N-dealkylation sites (N-methyl/N-ethyl adjacent to an activating group) is 2. The lowest BCUT2D eigenvalue weighted by molar-refractivity contribution is -0.159. The van der Waals surface area contributed by atoms with Gasteiger partial charge in [-0.2, -0.15) is 0 Å². The largest absolute Gasteiger partial charge is 0.473 e. The number of carbonyl (C=O) groups is 4. The number of carboxylic acid groups (broad SMARTS) is 2. The number of rotatable bonds is 14. The van der Waals surface area contributed by atoms with Crippen LogP contribution in [0.3, 0.4) is 0 Å². The fourth-order valence-corrected chi connectivity index (χ4v) is 11.4. The van der Waals surface area contributed by atoms with E-state index in [4.69, 9.17) is 19.8 Å². The lowest BCUT2D eigenvalue weighted by Crippen LogP contribution is -2.44. The van der Waals surface area contributed by atoms with Crippen molar-refractivity contribution in [1.29, 1.82) is 0 Å². The Labute approximate surface area is 432 Å². The zero-order valence-corrected chi connectivity index (χ0v) is 42.8. The molecule has 0 aromatic heterocycles. The molecule has 6 aromatic carbocycles. The van der Waals surface area contributed by atoms with Gasteiger partial charge >= 0.3 is 11.9 Å². The van der Waals surface area contributed by atoms with Gasteiger partial charge in [-0.15, -0.1) is 0 Å². The second-order valence-corrected chi connectivity index (χ2v) is 20.7. The monoisotopic (exact) mass is 1000 g/mol. The van der Waals surface area contributed by atoms with Crippen molar-refractivity contribution in [2.45, 2.75) is 45.3 Å². The number of ketones is 2. The number of anilines is 4. The molecular formula is C58H64N6O6S2. The van der Waals surface area contributed by atoms with Crippen molar-refractivity contribution in [1.82, 2.24) is 19.6 Å². The molecule has 14 heteroatoms. The van der Waals surface area contributed by atoms with Crippen molar-refractivity contribution in [3.8, 4) is 0 Å². The molecule has 0 radical (unpaired) electrons. The molecule has 72 heavy (non-hydrogen) atoms. The molecule has 4 heterocycles. The van der Waals surface area contributed by atoms with E-state index < -0.39 is 11.9 Å². The van der Waals surface area contributed by atoms with Crippen LogP contribution in [0.5, 0.6) is 0 Å². The zero-order chi connectivity index (χ0) is 50.4. The molecule has 4 aliphatic rings. The van der Waals surface area contributed by atoms with Gasteiger partial charge in [-0.3, -0.25) is 9.59 Å². The standard InChI is InChI=1S/2C28H31N3OS.C2H2O4/c2*1-29-17-19-30(20-18-29)15-7-8-16-31-24-11-5-6-12-26(24)33-27-14-13-23(21-25(27)31)28(32)22-9-3-2-4-10-22;3-1(4)2(5)6/h2*2-6,9-14,21H,7-8,15-20H2,1H3;(H,3,4)(H,5,6). The molecule has 0 spiro atoms. The molecule has 4 aliphatic heterocycles. The number of hydrogen-bond acceptors (Lipinski definition) is 12. The molecule has 2 fully saturated rings. The topological polar surface area (TPSA) is 128 Å². The van der Waals surface area contributed by atoms with Crippen molar-refractivity contribution in [2.24, 2.45) is 0 Å². The molecule has 0 aliphatic carbocycles. The van der Waals surface area contributed by atoms with Crippen molar-refractivity contribution >= 4 is 69.8 Å². The second-order valence-electron chi connectivity index (χ2n) is 18.5. The van der Waals surface area contributed by atoms with Gasteiger partial charge in [0.1, 0.15) is 0 Å². The summed E-state index contributed by atoms with van der Waals surface area (Å²) in [5, 5.41) is 14.8. The molecule has 2 saturated heterocycles. The summed E-state index contributed by atoms with van der Waals surface area (Å²) in [6.07, 6.45) is 4.63. The Balaban J connectivity index is 0.000000173. The summed E-state index contributed by atoms with van der Waals surface area (Å²) in [6, 6.07) is 48.7. The number of aliphatic carboxylic acids is 2. The van der Waals surface area contributed by atoms with Gasteiger partial charge < -0.3 is 39.6 Å². The van der Waals surface area contributed by atoms with E-state index in [2.05, 4.69) is 116 Å². The van der Waals surface area contributed by atoms with Gasteiger partial charge in [-0.05, 0) is 114 Å². The normalized spacial score (nSPS) is 15.6. The molecule has 0 saturated carbocycles. The van der Waals surface area contributed by atoms with Gasteiger partial charge in [0.2, 0.25) is 0 Å². The maximum atomic E-state index is 13.1. The smallest absolute Gasteiger partial charge is 0.414 e. The third-order valence-electron chi connectivity index (χ3n) is 13.4. The van der Waals surface area contributed by atoms with Crippen LogP contribution >= 0.6 is 23.5 Å². The molecule has 0 atom stereocenters. The van der Waals surface area contributed by atoms with Gasteiger partial charge in [0.25, 0.3) is 0 Å².